The lowest BCUT2D eigenvalue weighted by Crippen LogP contribution is -2.34. The maximum atomic E-state index is 12.1. The quantitative estimate of drug-likeness (QED) is 0.242. The number of anilines is 2. The van der Waals surface area contributed by atoms with Crippen molar-refractivity contribution >= 4 is 39.1 Å². The molecule has 3 aromatic rings. The molecule has 160 valence electrons. The molecular weight excluding hydrogens is 460 g/mol. The Kier molecular flexibility index (Phi) is 7.64. The van der Waals surface area contributed by atoms with Crippen molar-refractivity contribution < 1.29 is 14.3 Å². The van der Waals surface area contributed by atoms with Crippen LogP contribution < -0.4 is 26.6 Å². The number of ether oxygens (including phenoxy) is 1. The number of Topliss-reactive ketones (excluding diaryl/α,β-unsaturated/α-hetero) is 1. The van der Waals surface area contributed by atoms with E-state index in [2.05, 4.69) is 26.6 Å². The van der Waals surface area contributed by atoms with Gasteiger partial charge in [0.2, 0.25) is 0 Å². The molecule has 0 aromatic heterocycles. The molecule has 31 heavy (non-hydrogen) atoms. The summed E-state index contributed by atoms with van der Waals surface area (Å²) in [5.74, 6) is 5.89. The molecule has 8 heteroatoms. The molecule has 2 amide bonds. The predicted molar refractivity (Wildman–Crippen MR) is 125 cm³/mol. The van der Waals surface area contributed by atoms with Gasteiger partial charge in [0.05, 0.1) is 13.2 Å². The number of nitrogens with two attached hydrogens (primary N) is 1. The van der Waals surface area contributed by atoms with Crippen LogP contribution in [0.25, 0.3) is 0 Å². The summed E-state index contributed by atoms with van der Waals surface area (Å²) in [6.45, 7) is 0. The third-order valence-electron chi connectivity index (χ3n) is 4.70. The van der Waals surface area contributed by atoms with Gasteiger partial charge in [-0.1, -0.05) is 40.2 Å². The number of nitrogens with one attached hydrogen (secondary N) is 3. The lowest BCUT2D eigenvalue weighted by molar-refractivity contribution is 0.0972. The summed E-state index contributed by atoms with van der Waals surface area (Å²) < 4.78 is 6.11. The molecule has 0 bridgehead atoms. The largest absolute Gasteiger partial charge is 0.497 e. The normalized spacial score (nSPS) is 14.3. The molecule has 0 aliphatic carbocycles. The summed E-state index contributed by atoms with van der Waals surface area (Å²) in [5, 5.41) is 5.94. The van der Waals surface area contributed by atoms with Gasteiger partial charge in [0.1, 0.15) is 5.75 Å². The summed E-state index contributed by atoms with van der Waals surface area (Å²) in [6, 6.07) is 22.3. The van der Waals surface area contributed by atoms with Gasteiger partial charge in [0.15, 0.2) is 5.78 Å². The van der Waals surface area contributed by atoms with Gasteiger partial charge < -0.3 is 15.4 Å². The fourth-order valence-electron chi connectivity index (χ4n) is 3.12. The third-order valence-corrected chi connectivity index (χ3v) is 5.23. The highest BCUT2D eigenvalue weighted by atomic mass is 79.9. The number of methoxy groups -OCH3 is 1. The van der Waals surface area contributed by atoms with Gasteiger partial charge in [-0.2, -0.15) is 0 Å². The van der Waals surface area contributed by atoms with E-state index in [1.54, 1.807) is 19.2 Å². The van der Waals surface area contributed by atoms with E-state index >= 15 is 0 Å². The lowest BCUT2D eigenvalue weighted by Gasteiger charge is -2.26. The minimum atomic E-state index is -0.433. The van der Waals surface area contributed by atoms with Gasteiger partial charge in [-0.3, -0.25) is 10.2 Å². The number of para-hydroxylation sites is 1. The van der Waals surface area contributed by atoms with Crippen molar-refractivity contribution in [2.75, 3.05) is 17.7 Å². The standard InChI is InChI=1S/C16H15NO2.C7H8BrN3O/c1-19-12-8-6-11(7-9-12)15-10-16(18)13-4-2-3-5-14(13)17-15;8-5-1-3-6(4-2-5)10-7(12)11-9/h2-9,15,17H,10H2,1H3;1-4H,9H2,(H2,10,11,12). The number of halogens is 1. The zero-order chi connectivity index (χ0) is 22.2. The summed E-state index contributed by atoms with van der Waals surface area (Å²) >= 11 is 3.28. The van der Waals surface area contributed by atoms with Crippen molar-refractivity contribution in [3.8, 4) is 5.75 Å². The van der Waals surface area contributed by atoms with Gasteiger partial charge in [-0.25, -0.2) is 10.6 Å². The fourth-order valence-corrected chi connectivity index (χ4v) is 3.39. The van der Waals surface area contributed by atoms with Crippen molar-refractivity contribution in [1.29, 1.82) is 0 Å². The number of hydrogen-bond donors (Lipinski definition) is 4. The first-order chi connectivity index (χ1) is 15.0. The molecule has 1 aliphatic heterocycles. The number of amides is 2. The van der Waals surface area contributed by atoms with Crippen molar-refractivity contribution in [2.45, 2.75) is 12.5 Å². The lowest BCUT2D eigenvalue weighted by atomic mass is 9.92. The number of benzene rings is 3. The first kappa shape index (κ1) is 22.3. The Hall–Kier alpha value is -3.36. The van der Waals surface area contributed by atoms with Crippen LogP contribution in [0.2, 0.25) is 0 Å². The highest BCUT2D eigenvalue weighted by Gasteiger charge is 2.24. The van der Waals surface area contributed by atoms with E-state index in [1.165, 1.54) is 0 Å². The smallest absolute Gasteiger partial charge is 0.333 e. The Morgan fingerprint density at radius 3 is 2.39 bits per heavy atom. The van der Waals surface area contributed by atoms with Gasteiger partial charge >= 0.3 is 6.03 Å². The van der Waals surface area contributed by atoms with Crippen molar-refractivity contribution in [3.63, 3.8) is 0 Å². The molecule has 0 saturated heterocycles. The van der Waals surface area contributed by atoms with E-state index in [-0.39, 0.29) is 11.8 Å². The summed E-state index contributed by atoms with van der Waals surface area (Å²) in [6.07, 6.45) is 0.489. The molecule has 4 rings (SSSR count). The maximum absolute atomic E-state index is 12.1. The molecule has 0 saturated carbocycles. The average molecular weight is 483 g/mol. The summed E-state index contributed by atoms with van der Waals surface area (Å²) in [4.78, 5) is 22.8. The molecule has 0 spiro atoms. The minimum absolute atomic E-state index is 0.0355. The number of hydrogen-bond acceptors (Lipinski definition) is 5. The molecular formula is C23H23BrN4O3. The molecule has 5 N–H and O–H groups in total. The van der Waals surface area contributed by atoms with Crippen molar-refractivity contribution in [3.05, 3.63) is 88.4 Å². The second-order valence-electron chi connectivity index (χ2n) is 6.75. The highest BCUT2D eigenvalue weighted by molar-refractivity contribution is 9.10. The van der Waals surface area contributed by atoms with Gasteiger partial charge in [0.25, 0.3) is 0 Å². The van der Waals surface area contributed by atoms with E-state index in [4.69, 9.17) is 10.6 Å². The van der Waals surface area contributed by atoms with Crippen LogP contribution in [0.1, 0.15) is 28.4 Å². The van der Waals surface area contributed by atoms with E-state index in [9.17, 15) is 9.59 Å². The van der Waals surface area contributed by atoms with Crippen LogP contribution in [-0.2, 0) is 0 Å². The van der Waals surface area contributed by atoms with Crippen LogP contribution in [0.4, 0.5) is 16.2 Å². The highest BCUT2D eigenvalue weighted by Crippen LogP contribution is 2.32. The SMILES string of the molecule is COc1ccc(C2CC(=O)c3ccccc3N2)cc1.NNC(=O)Nc1ccc(Br)cc1. The number of hydrazine groups is 1. The predicted octanol–water partition coefficient (Wildman–Crippen LogP) is 4.88. The molecule has 1 heterocycles. The zero-order valence-corrected chi connectivity index (χ0v) is 18.5. The Labute approximate surface area is 189 Å². The van der Waals surface area contributed by atoms with Gasteiger partial charge in [-0.05, 0) is 54.1 Å². The number of fused-ring (bicyclic) bond motifs is 1. The molecule has 1 atom stereocenters. The van der Waals surface area contributed by atoms with Crippen molar-refractivity contribution in [1.82, 2.24) is 5.43 Å². The topological polar surface area (TPSA) is 105 Å². The molecule has 7 nitrogen and oxygen atoms in total. The Morgan fingerprint density at radius 1 is 1.06 bits per heavy atom. The molecule has 0 radical (unpaired) electrons. The van der Waals surface area contributed by atoms with E-state index in [0.29, 0.717) is 12.1 Å². The van der Waals surface area contributed by atoms with Gasteiger partial charge in [0, 0.05) is 27.8 Å². The number of ketones is 1. The van der Waals surface area contributed by atoms with Crippen molar-refractivity contribution in [2.24, 2.45) is 5.84 Å². The summed E-state index contributed by atoms with van der Waals surface area (Å²) in [5.41, 5.74) is 5.46. The summed E-state index contributed by atoms with van der Waals surface area (Å²) in [7, 11) is 1.65. The number of urea groups is 1. The molecule has 3 aromatic carbocycles. The number of carbonyl (C=O) groups excluding carboxylic acids is 2. The second-order valence-corrected chi connectivity index (χ2v) is 7.66. The van der Waals surface area contributed by atoms with Crippen LogP contribution in [-0.4, -0.2) is 18.9 Å². The zero-order valence-electron chi connectivity index (χ0n) is 16.9. The maximum Gasteiger partial charge on any atom is 0.333 e. The first-order valence-electron chi connectivity index (χ1n) is 9.56. The van der Waals surface area contributed by atoms with Crippen LogP contribution >= 0.6 is 15.9 Å². The fraction of sp³-hybridized carbons (Fsp3) is 0.130. The van der Waals surface area contributed by atoms with Crippen LogP contribution in [0.3, 0.4) is 0 Å². The number of carbonyl (C=O) groups is 2. The molecule has 1 unspecified atom stereocenters. The minimum Gasteiger partial charge on any atom is -0.497 e. The third kappa shape index (κ3) is 6.07. The van der Waals surface area contributed by atoms with E-state index in [1.807, 2.05) is 66.1 Å². The molecule has 1 aliphatic rings. The first-order valence-corrected chi connectivity index (χ1v) is 10.4. The molecule has 0 fully saturated rings. The average Bonchev–Trinajstić information content (AvgIpc) is 2.81. The van der Waals surface area contributed by atoms with E-state index in [0.717, 1.165) is 27.0 Å². The van der Waals surface area contributed by atoms with Crippen LogP contribution in [0.15, 0.2) is 77.3 Å². The monoisotopic (exact) mass is 482 g/mol. The van der Waals surface area contributed by atoms with E-state index < -0.39 is 6.03 Å². The Balaban J connectivity index is 0.000000196. The Bertz CT molecular complexity index is 1040. The van der Waals surface area contributed by atoms with Crippen LogP contribution in [0.5, 0.6) is 5.75 Å². The number of rotatable bonds is 3. The van der Waals surface area contributed by atoms with Crippen LogP contribution in [0, 0.1) is 0 Å². The van der Waals surface area contributed by atoms with Gasteiger partial charge in [-0.15, -0.1) is 0 Å². The second kappa shape index (κ2) is 10.6. The Morgan fingerprint density at radius 2 is 1.74 bits per heavy atom.